The van der Waals surface area contributed by atoms with E-state index in [1.807, 2.05) is 24.3 Å². The summed E-state index contributed by atoms with van der Waals surface area (Å²) in [7, 11) is -0.817. The lowest BCUT2D eigenvalue weighted by Gasteiger charge is -2.21. The number of ether oxygens (including phenoxy) is 2. The molecule has 1 unspecified atom stereocenters. The molecule has 1 aromatic carbocycles. The summed E-state index contributed by atoms with van der Waals surface area (Å²) >= 11 is 0. The van der Waals surface area contributed by atoms with Crippen LogP contribution >= 0.6 is 0 Å². The van der Waals surface area contributed by atoms with Gasteiger partial charge in [0.2, 0.25) is 0 Å². The zero-order valence-electron chi connectivity index (χ0n) is 11.0. The fraction of sp³-hybridized carbons (Fsp3) is 0.571. The van der Waals surface area contributed by atoms with Crippen LogP contribution in [0.2, 0.25) is 0 Å². The van der Waals surface area contributed by atoms with Crippen molar-refractivity contribution >= 4 is 10.8 Å². The lowest BCUT2D eigenvalue weighted by Crippen LogP contribution is -2.27. The Hall–Kier alpha value is -0.910. The number of nitrogens with two attached hydrogens (primary N) is 1. The molecule has 1 aliphatic rings. The summed E-state index contributed by atoms with van der Waals surface area (Å²) in [4.78, 5) is 0. The standard InChI is InChI=1S/C14H21NO3S/c15-11-12-2-1-3-13(10-12)18-8-9-19(16)14-4-6-17-7-5-14/h1-3,10,14H,4-9,11,15H2. The molecule has 5 heteroatoms. The van der Waals surface area contributed by atoms with Crippen molar-refractivity contribution in [1.82, 2.24) is 0 Å². The van der Waals surface area contributed by atoms with Crippen LogP contribution in [-0.2, 0) is 22.1 Å². The van der Waals surface area contributed by atoms with Crippen molar-refractivity contribution in [3.63, 3.8) is 0 Å². The van der Waals surface area contributed by atoms with Crippen LogP contribution in [0.5, 0.6) is 5.75 Å². The minimum absolute atomic E-state index is 0.271. The fourth-order valence-corrected chi connectivity index (χ4v) is 3.41. The van der Waals surface area contributed by atoms with E-state index in [1.165, 1.54) is 0 Å². The Morgan fingerprint density at radius 1 is 1.37 bits per heavy atom. The molecule has 0 spiro atoms. The highest BCUT2D eigenvalue weighted by molar-refractivity contribution is 7.85. The van der Waals surface area contributed by atoms with Crippen molar-refractivity contribution in [2.45, 2.75) is 24.6 Å². The third kappa shape index (κ3) is 4.60. The van der Waals surface area contributed by atoms with Crippen LogP contribution < -0.4 is 10.5 Å². The Morgan fingerprint density at radius 3 is 2.89 bits per heavy atom. The molecule has 4 nitrogen and oxygen atoms in total. The summed E-state index contributed by atoms with van der Waals surface area (Å²) in [5.74, 6) is 1.38. The van der Waals surface area contributed by atoms with Gasteiger partial charge in [-0.2, -0.15) is 0 Å². The SMILES string of the molecule is NCc1cccc(OCCS(=O)C2CCOCC2)c1. The second kappa shape index (κ2) is 7.62. The maximum atomic E-state index is 12.1. The smallest absolute Gasteiger partial charge is 0.119 e. The van der Waals surface area contributed by atoms with E-state index >= 15 is 0 Å². The Labute approximate surface area is 116 Å². The molecule has 0 aliphatic carbocycles. The van der Waals surface area contributed by atoms with Gasteiger partial charge in [0.15, 0.2) is 0 Å². The van der Waals surface area contributed by atoms with Gasteiger partial charge in [-0.15, -0.1) is 0 Å². The monoisotopic (exact) mass is 283 g/mol. The van der Waals surface area contributed by atoms with Gasteiger partial charge in [0, 0.05) is 35.8 Å². The molecule has 0 aromatic heterocycles. The van der Waals surface area contributed by atoms with Crippen LogP contribution in [0.3, 0.4) is 0 Å². The highest BCUT2D eigenvalue weighted by atomic mass is 32.2. The zero-order valence-corrected chi connectivity index (χ0v) is 11.9. The lowest BCUT2D eigenvalue weighted by molar-refractivity contribution is 0.0991. The first-order valence-corrected chi connectivity index (χ1v) is 8.04. The van der Waals surface area contributed by atoms with Crippen LogP contribution in [0.15, 0.2) is 24.3 Å². The van der Waals surface area contributed by atoms with Crippen LogP contribution in [0.4, 0.5) is 0 Å². The quantitative estimate of drug-likeness (QED) is 0.858. The van der Waals surface area contributed by atoms with Crippen molar-refractivity contribution in [2.75, 3.05) is 25.6 Å². The molecule has 0 bridgehead atoms. The fourth-order valence-electron chi connectivity index (χ4n) is 2.11. The van der Waals surface area contributed by atoms with E-state index in [9.17, 15) is 4.21 Å². The predicted octanol–water partition coefficient (Wildman–Crippen LogP) is 1.45. The molecule has 1 fully saturated rings. The third-order valence-corrected chi connectivity index (χ3v) is 5.01. The van der Waals surface area contributed by atoms with Gasteiger partial charge in [-0.3, -0.25) is 4.21 Å². The second-order valence-electron chi connectivity index (χ2n) is 4.60. The van der Waals surface area contributed by atoms with Crippen molar-refractivity contribution < 1.29 is 13.7 Å². The highest BCUT2D eigenvalue weighted by Gasteiger charge is 2.19. The largest absolute Gasteiger partial charge is 0.493 e. The molecule has 106 valence electrons. The molecule has 19 heavy (non-hydrogen) atoms. The van der Waals surface area contributed by atoms with Crippen molar-refractivity contribution in [2.24, 2.45) is 5.73 Å². The molecule has 0 amide bonds. The number of rotatable bonds is 6. The summed E-state index contributed by atoms with van der Waals surface area (Å²) in [5.41, 5.74) is 6.62. The van der Waals surface area contributed by atoms with Crippen molar-refractivity contribution in [3.05, 3.63) is 29.8 Å². The number of hydrogen-bond acceptors (Lipinski definition) is 4. The van der Waals surface area contributed by atoms with Crippen LogP contribution in [-0.4, -0.2) is 35.0 Å². The number of hydrogen-bond donors (Lipinski definition) is 1. The van der Waals surface area contributed by atoms with E-state index in [4.69, 9.17) is 15.2 Å². The summed E-state index contributed by atoms with van der Waals surface area (Å²) in [6.07, 6.45) is 1.80. The van der Waals surface area contributed by atoms with E-state index in [0.29, 0.717) is 18.9 Å². The van der Waals surface area contributed by atoms with Gasteiger partial charge >= 0.3 is 0 Å². The Bertz CT molecular complexity index is 419. The van der Waals surface area contributed by atoms with Crippen LogP contribution in [0, 0.1) is 0 Å². The number of benzene rings is 1. The zero-order chi connectivity index (χ0) is 13.5. The normalized spacial score (nSPS) is 18.2. The molecular formula is C14H21NO3S. The Balaban J connectivity index is 1.74. The average molecular weight is 283 g/mol. The van der Waals surface area contributed by atoms with Gasteiger partial charge in [0.05, 0.1) is 12.4 Å². The van der Waals surface area contributed by atoms with Crippen molar-refractivity contribution in [3.8, 4) is 5.75 Å². The molecule has 2 N–H and O–H groups in total. The first-order valence-electron chi connectivity index (χ1n) is 6.66. The second-order valence-corrected chi connectivity index (χ2v) is 6.43. The first-order chi connectivity index (χ1) is 9.29. The van der Waals surface area contributed by atoms with E-state index in [-0.39, 0.29) is 5.25 Å². The van der Waals surface area contributed by atoms with Gasteiger partial charge in [0.1, 0.15) is 5.75 Å². The summed E-state index contributed by atoms with van der Waals surface area (Å²) in [5, 5.41) is 0.271. The minimum atomic E-state index is -0.817. The van der Waals surface area contributed by atoms with E-state index < -0.39 is 10.8 Å². The highest BCUT2D eigenvalue weighted by Crippen LogP contribution is 2.15. The minimum Gasteiger partial charge on any atom is -0.493 e. The predicted molar refractivity (Wildman–Crippen MR) is 76.7 cm³/mol. The summed E-state index contributed by atoms with van der Waals surface area (Å²) < 4.78 is 23.0. The molecule has 2 rings (SSSR count). The van der Waals surface area contributed by atoms with Gasteiger partial charge in [-0.05, 0) is 30.5 Å². The van der Waals surface area contributed by atoms with E-state index in [2.05, 4.69) is 0 Å². The van der Waals surface area contributed by atoms with Gasteiger partial charge in [-0.1, -0.05) is 12.1 Å². The maximum Gasteiger partial charge on any atom is 0.119 e. The molecule has 1 aromatic rings. The van der Waals surface area contributed by atoms with E-state index in [1.54, 1.807) is 0 Å². The Morgan fingerprint density at radius 2 is 2.16 bits per heavy atom. The molecular weight excluding hydrogens is 262 g/mol. The van der Waals surface area contributed by atoms with Gasteiger partial charge < -0.3 is 15.2 Å². The molecule has 1 atom stereocenters. The van der Waals surface area contributed by atoms with Crippen molar-refractivity contribution in [1.29, 1.82) is 0 Å². The third-order valence-electron chi connectivity index (χ3n) is 3.23. The topological polar surface area (TPSA) is 61.5 Å². The molecule has 1 heterocycles. The average Bonchev–Trinajstić information content (AvgIpc) is 2.48. The maximum absolute atomic E-state index is 12.1. The molecule has 0 radical (unpaired) electrons. The Kier molecular flexibility index (Phi) is 5.82. The van der Waals surface area contributed by atoms with Crippen LogP contribution in [0.25, 0.3) is 0 Å². The first kappa shape index (κ1) is 14.5. The van der Waals surface area contributed by atoms with Gasteiger partial charge in [-0.25, -0.2) is 0 Å². The van der Waals surface area contributed by atoms with Gasteiger partial charge in [0.25, 0.3) is 0 Å². The summed E-state index contributed by atoms with van der Waals surface area (Å²) in [6.45, 7) is 2.45. The van der Waals surface area contributed by atoms with Crippen LogP contribution in [0.1, 0.15) is 18.4 Å². The molecule has 0 saturated carbocycles. The summed E-state index contributed by atoms with van der Waals surface area (Å²) in [6, 6.07) is 7.72. The lowest BCUT2D eigenvalue weighted by atomic mass is 10.2. The molecule has 1 aliphatic heterocycles. The molecule has 1 saturated heterocycles. The van der Waals surface area contributed by atoms with E-state index in [0.717, 1.165) is 37.4 Å².